The quantitative estimate of drug-likeness (QED) is 0.808. The van der Waals surface area contributed by atoms with Gasteiger partial charge in [0, 0.05) is 10.2 Å². The molecule has 0 aliphatic carbocycles. The van der Waals surface area contributed by atoms with Crippen molar-refractivity contribution >= 4 is 21.9 Å². The molecule has 0 bridgehead atoms. The van der Waals surface area contributed by atoms with Crippen molar-refractivity contribution in [2.24, 2.45) is 5.73 Å². The fourth-order valence-corrected chi connectivity index (χ4v) is 2.71. The van der Waals surface area contributed by atoms with Crippen LogP contribution in [0.2, 0.25) is 0 Å². The zero-order valence-electron chi connectivity index (χ0n) is 12.3. The smallest absolute Gasteiger partial charge is 0.336 e. The third kappa shape index (κ3) is 3.00. The first kappa shape index (κ1) is 16.1. The maximum Gasteiger partial charge on any atom is 0.336 e. The van der Waals surface area contributed by atoms with Crippen LogP contribution in [0.4, 0.5) is 0 Å². The van der Waals surface area contributed by atoms with Gasteiger partial charge in [0.15, 0.2) is 0 Å². The second-order valence-electron chi connectivity index (χ2n) is 4.81. The molecule has 6 heteroatoms. The van der Waals surface area contributed by atoms with Gasteiger partial charge in [-0.25, -0.2) is 4.79 Å². The Labute approximate surface area is 137 Å². The van der Waals surface area contributed by atoms with E-state index in [1.165, 1.54) is 0 Å². The summed E-state index contributed by atoms with van der Waals surface area (Å²) in [5, 5.41) is 12.3. The van der Waals surface area contributed by atoms with Crippen molar-refractivity contribution in [1.29, 1.82) is 5.26 Å². The van der Waals surface area contributed by atoms with Crippen molar-refractivity contribution in [3.63, 3.8) is 0 Å². The van der Waals surface area contributed by atoms with E-state index in [2.05, 4.69) is 27.3 Å². The van der Waals surface area contributed by atoms with Crippen molar-refractivity contribution in [3.8, 4) is 6.07 Å². The number of nitrogens with two attached hydrogens (primary N) is 1. The molecule has 3 N–H and O–H groups in total. The SMILES string of the molecule is CCOC(=O)C1=C(C)NC(N)=C(C#N)C1c1ccc(Br)cc1. The number of dihydropyridines is 1. The maximum atomic E-state index is 12.3. The van der Waals surface area contributed by atoms with Crippen LogP contribution in [0.5, 0.6) is 0 Å². The zero-order chi connectivity index (χ0) is 16.3. The number of hydrogen-bond acceptors (Lipinski definition) is 5. The minimum Gasteiger partial charge on any atom is -0.463 e. The zero-order valence-corrected chi connectivity index (χ0v) is 13.9. The van der Waals surface area contributed by atoms with Gasteiger partial charge in [-0.2, -0.15) is 5.26 Å². The van der Waals surface area contributed by atoms with Crippen LogP contribution in [0.15, 0.2) is 51.4 Å². The van der Waals surface area contributed by atoms with E-state index in [0.717, 1.165) is 10.0 Å². The van der Waals surface area contributed by atoms with Crippen LogP contribution >= 0.6 is 15.9 Å². The van der Waals surface area contributed by atoms with Gasteiger partial charge in [0.25, 0.3) is 0 Å². The first-order chi connectivity index (χ1) is 10.5. The molecule has 0 saturated heterocycles. The van der Waals surface area contributed by atoms with Crippen molar-refractivity contribution in [1.82, 2.24) is 5.32 Å². The number of esters is 1. The Balaban J connectivity index is 2.59. The standard InChI is InChI=1S/C16H16BrN3O2/c1-3-22-16(21)13-9(2)20-15(19)12(8-18)14(13)10-4-6-11(17)7-5-10/h4-7,14,20H,3,19H2,1-2H3. The second-order valence-corrected chi connectivity index (χ2v) is 5.72. The topological polar surface area (TPSA) is 88.1 Å². The average Bonchev–Trinajstić information content (AvgIpc) is 2.47. The van der Waals surface area contributed by atoms with Crippen molar-refractivity contribution in [2.45, 2.75) is 19.8 Å². The highest BCUT2D eigenvalue weighted by Gasteiger charge is 2.34. The molecular weight excluding hydrogens is 346 g/mol. The maximum absolute atomic E-state index is 12.3. The number of allylic oxidation sites excluding steroid dienone is 2. The number of rotatable bonds is 3. The van der Waals surface area contributed by atoms with Crippen LogP contribution in [0.3, 0.4) is 0 Å². The van der Waals surface area contributed by atoms with Gasteiger partial charge < -0.3 is 15.8 Å². The number of hydrogen-bond donors (Lipinski definition) is 2. The lowest BCUT2D eigenvalue weighted by molar-refractivity contribution is -0.138. The summed E-state index contributed by atoms with van der Waals surface area (Å²) >= 11 is 3.38. The number of carbonyl (C=O) groups is 1. The fourth-order valence-electron chi connectivity index (χ4n) is 2.45. The predicted octanol–water partition coefficient (Wildman–Crippen LogP) is 2.67. The van der Waals surface area contributed by atoms with E-state index in [4.69, 9.17) is 10.5 Å². The molecule has 1 aromatic rings. The third-order valence-electron chi connectivity index (χ3n) is 3.41. The summed E-state index contributed by atoms with van der Waals surface area (Å²) in [7, 11) is 0. The highest BCUT2D eigenvalue weighted by atomic mass is 79.9. The Hall–Kier alpha value is -2.26. The number of benzene rings is 1. The average molecular weight is 362 g/mol. The summed E-state index contributed by atoms with van der Waals surface area (Å²) in [4.78, 5) is 12.3. The first-order valence-corrected chi connectivity index (χ1v) is 7.59. The lowest BCUT2D eigenvalue weighted by Gasteiger charge is -2.28. The predicted molar refractivity (Wildman–Crippen MR) is 86.2 cm³/mol. The molecule has 1 aliphatic heterocycles. The lowest BCUT2D eigenvalue weighted by atomic mass is 9.82. The summed E-state index contributed by atoms with van der Waals surface area (Å²) in [5.74, 6) is -0.708. The molecule has 0 fully saturated rings. The van der Waals surface area contributed by atoms with Gasteiger partial charge in [0.2, 0.25) is 0 Å². The fraction of sp³-hybridized carbons (Fsp3) is 0.250. The van der Waals surface area contributed by atoms with Gasteiger partial charge in [-0.15, -0.1) is 0 Å². The normalized spacial score (nSPS) is 17.8. The molecule has 1 aromatic carbocycles. The molecule has 0 amide bonds. The second kappa shape index (κ2) is 6.67. The van der Waals surface area contributed by atoms with Crippen LogP contribution in [-0.2, 0) is 9.53 Å². The van der Waals surface area contributed by atoms with Gasteiger partial charge in [0.1, 0.15) is 5.82 Å². The lowest BCUT2D eigenvalue weighted by Crippen LogP contribution is -2.32. The molecular formula is C16H16BrN3O2. The molecule has 0 radical (unpaired) electrons. The Morgan fingerprint density at radius 2 is 2.09 bits per heavy atom. The number of halogens is 1. The van der Waals surface area contributed by atoms with Crippen molar-refractivity contribution in [2.75, 3.05) is 6.61 Å². The van der Waals surface area contributed by atoms with E-state index in [9.17, 15) is 10.1 Å². The Bertz CT molecular complexity index is 699. The first-order valence-electron chi connectivity index (χ1n) is 6.79. The minimum atomic E-state index is -0.529. The molecule has 1 atom stereocenters. The Morgan fingerprint density at radius 3 is 2.64 bits per heavy atom. The van der Waals surface area contributed by atoms with Gasteiger partial charge in [0.05, 0.1) is 29.7 Å². The summed E-state index contributed by atoms with van der Waals surface area (Å²) in [6.45, 7) is 3.76. The van der Waals surface area contributed by atoms with E-state index in [-0.39, 0.29) is 12.4 Å². The van der Waals surface area contributed by atoms with Crippen molar-refractivity contribution < 1.29 is 9.53 Å². The molecule has 0 aromatic heterocycles. The summed E-state index contributed by atoms with van der Waals surface area (Å²) in [6, 6.07) is 9.54. The number of ether oxygens (including phenoxy) is 1. The molecule has 22 heavy (non-hydrogen) atoms. The highest BCUT2D eigenvalue weighted by molar-refractivity contribution is 9.10. The number of carbonyl (C=O) groups excluding carboxylic acids is 1. The third-order valence-corrected chi connectivity index (χ3v) is 3.94. The van der Waals surface area contributed by atoms with Crippen molar-refractivity contribution in [3.05, 3.63) is 57.0 Å². The molecule has 114 valence electrons. The van der Waals surface area contributed by atoms with E-state index >= 15 is 0 Å². The molecule has 1 unspecified atom stereocenters. The molecule has 5 nitrogen and oxygen atoms in total. The monoisotopic (exact) mass is 361 g/mol. The van der Waals surface area contributed by atoms with Gasteiger partial charge in [-0.3, -0.25) is 0 Å². The summed E-state index contributed by atoms with van der Waals surface area (Å²) in [6.07, 6.45) is 0. The van der Waals surface area contributed by atoms with Crippen LogP contribution in [0.1, 0.15) is 25.3 Å². The van der Waals surface area contributed by atoms with Crippen LogP contribution in [-0.4, -0.2) is 12.6 Å². The van der Waals surface area contributed by atoms with E-state index in [1.807, 2.05) is 24.3 Å². The molecule has 1 aliphatic rings. The van der Waals surface area contributed by atoms with Crippen LogP contribution in [0, 0.1) is 11.3 Å². The number of nitrogens with one attached hydrogen (secondary N) is 1. The van der Waals surface area contributed by atoms with Gasteiger partial charge >= 0.3 is 5.97 Å². The minimum absolute atomic E-state index is 0.265. The largest absolute Gasteiger partial charge is 0.463 e. The highest BCUT2D eigenvalue weighted by Crippen LogP contribution is 2.37. The van der Waals surface area contributed by atoms with Crippen LogP contribution < -0.4 is 11.1 Å². The Kier molecular flexibility index (Phi) is 4.88. The Morgan fingerprint density at radius 1 is 1.45 bits per heavy atom. The summed E-state index contributed by atoms with van der Waals surface area (Å²) < 4.78 is 6.05. The van der Waals surface area contributed by atoms with Crippen LogP contribution in [0.25, 0.3) is 0 Å². The molecule has 0 saturated carbocycles. The van der Waals surface area contributed by atoms with E-state index in [1.54, 1.807) is 13.8 Å². The molecule has 1 heterocycles. The molecule has 2 rings (SSSR count). The molecule has 0 spiro atoms. The van der Waals surface area contributed by atoms with Gasteiger partial charge in [-0.05, 0) is 31.5 Å². The number of nitrogens with zero attached hydrogens (tertiary/aromatic N) is 1. The van der Waals surface area contributed by atoms with E-state index in [0.29, 0.717) is 16.8 Å². The number of nitriles is 1. The van der Waals surface area contributed by atoms with E-state index < -0.39 is 11.9 Å². The summed E-state index contributed by atoms with van der Waals surface area (Å²) in [5.41, 5.74) is 8.06. The van der Waals surface area contributed by atoms with Gasteiger partial charge in [-0.1, -0.05) is 28.1 Å².